The van der Waals surface area contributed by atoms with Crippen LogP contribution in [0.4, 0.5) is 4.39 Å². The van der Waals surface area contributed by atoms with Crippen LogP contribution in [0.1, 0.15) is 41.7 Å². The van der Waals surface area contributed by atoms with Crippen LogP contribution in [0.3, 0.4) is 0 Å². The summed E-state index contributed by atoms with van der Waals surface area (Å²) >= 11 is 0. The molecule has 0 saturated carbocycles. The third-order valence-corrected chi connectivity index (χ3v) is 5.86. The lowest BCUT2D eigenvalue weighted by Gasteiger charge is -2.32. The molecule has 0 saturated heterocycles. The van der Waals surface area contributed by atoms with Crippen LogP contribution < -0.4 is 5.32 Å². The Morgan fingerprint density at radius 1 is 0.857 bits per heavy atom. The van der Waals surface area contributed by atoms with E-state index < -0.39 is 6.04 Å². The van der Waals surface area contributed by atoms with Crippen molar-refractivity contribution in [3.8, 4) is 0 Å². The van der Waals surface area contributed by atoms with Gasteiger partial charge in [0.25, 0.3) is 0 Å². The summed E-state index contributed by atoms with van der Waals surface area (Å²) in [5.41, 5.74) is 4.84. The molecule has 0 heterocycles. The van der Waals surface area contributed by atoms with Gasteiger partial charge in [-0.15, -0.1) is 0 Å². The molecule has 0 aromatic heterocycles. The van der Waals surface area contributed by atoms with Crippen LogP contribution >= 0.6 is 0 Å². The Labute approximate surface area is 208 Å². The molecule has 1 atom stereocenters. The van der Waals surface area contributed by atoms with Gasteiger partial charge in [-0.1, -0.05) is 85.6 Å². The molecule has 0 aliphatic heterocycles. The largest absolute Gasteiger partial charge is 0.354 e. The minimum absolute atomic E-state index is 0.139. The summed E-state index contributed by atoms with van der Waals surface area (Å²) in [7, 11) is 0. The molecule has 3 aromatic rings. The summed E-state index contributed by atoms with van der Waals surface area (Å²) in [6.07, 6.45) is 0.580. The van der Waals surface area contributed by atoms with E-state index in [0.29, 0.717) is 13.0 Å². The quantitative estimate of drug-likeness (QED) is 0.428. The standard InChI is InChI=1S/C30H35FN2O2/c1-21(2)19-32-30(35)28(17-24-8-6-5-7-9-24)33(20-25-10-12-27(31)13-11-25)29(34)18-26-15-22(3)14-23(4)16-26/h5-16,21,28H,17-20H2,1-4H3,(H,32,35)/t28-/m0/s1. The van der Waals surface area contributed by atoms with Gasteiger partial charge in [0.05, 0.1) is 6.42 Å². The van der Waals surface area contributed by atoms with Gasteiger partial charge in [0.15, 0.2) is 0 Å². The zero-order chi connectivity index (χ0) is 25.4. The highest BCUT2D eigenvalue weighted by Crippen LogP contribution is 2.18. The molecule has 0 aliphatic rings. The predicted molar refractivity (Wildman–Crippen MR) is 138 cm³/mol. The van der Waals surface area contributed by atoms with Gasteiger partial charge in [0.2, 0.25) is 11.8 Å². The summed E-state index contributed by atoms with van der Waals surface area (Å²) in [5, 5.41) is 3.02. The highest BCUT2D eigenvalue weighted by molar-refractivity contribution is 5.88. The summed E-state index contributed by atoms with van der Waals surface area (Å²) in [4.78, 5) is 28.8. The van der Waals surface area contributed by atoms with Gasteiger partial charge < -0.3 is 10.2 Å². The first-order valence-electron chi connectivity index (χ1n) is 12.1. The van der Waals surface area contributed by atoms with Crippen molar-refractivity contribution in [1.29, 1.82) is 0 Å². The number of hydrogen-bond acceptors (Lipinski definition) is 2. The number of benzene rings is 3. The topological polar surface area (TPSA) is 49.4 Å². The monoisotopic (exact) mass is 474 g/mol. The second-order valence-electron chi connectivity index (χ2n) is 9.67. The molecule has 4 nitrogen and oxygen atoms in total. The Balaban J connectivity index is 1.96. The maximum absolute atomic E-state index is 13.8. The first-order chi connectivity index (χ1) is 16.7. The lowest BCUT2D eigenvalue weighted by molar-refractivity contribution is -0.140. The lowest BCUT2D eigenvalue weighted by Crippen LogP contribution is -2.51. The van der Waals surface area contributed by atoms with Crippen LogP contribution in [0.2, 0.25) is 0 Å². The average molecular weight is 475 g/mol. The van der Waals surface area contributed by atoms with Crippen molar-refractivity contribution in [2.24, 2.45) is 5.92 Å². The van der Waals surface area contributed by atoms with Gasteiger partial charge in [0.1, 0.15) is 11.9 Å². The number of hydrogen-bond donors (Lipinski definition) is 1. The molecule has 1 N–H and O–H groups in total. The third-order valence-electron chi connectivity index (χ3n) is 5.86. The second kappa shape index (κ2) is 12.3. The minimum Gasteiger partial charge on any atom is -0.354 e. The number of rotatable bonds is 10. The molecule has 0 fully saturated rings. The number of nitrogens with zero attached hydrogens (tertiary/aromatic N) is 1. The molecule has 0 unspecified atom stereocenters. The van der Waals surface area contributed by atoms with Crippen molar-refractivity contribution in [1.82, 2.24) is 10.2 Å². The maximum Gasteiger partial charge on any atom is 0.243 e. The van der Waals surface area contributed by atoms with Gasteiger partial charge in [-0.05, 0) is 48.6 Å². The Hall–Kier alpha value is -3.47. The van der Waals surface area contributed by atoms with Crippen molar-refractivity contribution in [2.45, 2.75) is 53.1 Å². The molecule has 0 aliphatic carbocycles. The predicted octanol–water partition coefficient (Wildman–Crippen LogP) is 5.40. The number of halogens is 1. The van der Waals surface area contributed by atoms with E-state index in [1.54, 1.807) is 17.0 Å². The fourth-order valence-corrected chi connectivity index (χ4v) is 4.21. The molecular formula is C30H35FN2O2. The molecule has 35 heavy (non-hydrogen) atoms. The van der Waals surface area contributed by atoms with Gasteiger partial charge in [0, 0.05) is 19.5 Å². The second-order valence-corrected chi connectivity index (χ2v) is 9.67. The van der Waals surface area contributed by atoms with Crippen LogP contribution in [0.15, 0.2) is 72.8 Å². The highest BCUT2D eigenvalue weighted by atomic mass is 19.1. The average Bonchev–Trinajstić information content (AvgIpc) is 2.81. The van der Waals surface area contributed by atoms with Crippen molar-refractivity contribution >= 4 is 11.8 Å². The maximum atomic E-state index is 13.8. The van der Waals surface area contributed by atoms with Gasteiger partial charge in [-0.2, -0.15) is 0 Å². The molecule has 0 spiro atoms. The molecule has 184 valence electrons. The zero-order valence-electron chi connectivity index (χ0n) is 21.1. The first kappa shape index (κ1) is 26.1. The number of nitrogens with one attached hydrogen (secondary N) is 1. The number of amides is 2. The van der Waals surface area contributed by atoms with E-state index in [9.17, 15) is 14.0 Å². The van der Waals surface area contributed by atoms with E-state index in [2.05, 4.69) is 11.4 Å². The van der Waals surface area contributed by atoms with Crippen LogP contribution in [-0.2, 0) is 29.0 Å². The van der Waals surface area contributed by atoms with E-state index in [0.717, 1.165) is 27.8 Å². The van der Waals surface area contributed by atoms with Crippen LogP contribution in [0.5, 0.6) is 0 Å². The van der Waals surface area contributed by atoms with E-state index in [4.69, 9.17) is 0 Å². The van der Waals surface area contributed by atoms with Crippen molar-refractivity contribution in [2.75, 3.05) is 6.54 Å². The molecule has 2 amide bonds. The SMILES string of the molecule is Cc1cc(C)cc(CC(=O)N(Cc2ccc(F)cc2)[C@@H](Cc2ccccc2)C(=O)NCC(C)C)c1. The van der Waals surface area contributed by atoms with E-state index in [1.807, 2.05) is 70.2 Å². The van der Waals surface area contributed by atoms with Crippen molar-refractivity contribution < 1.29 is 14.0 Å². The molecule has 0 bridgehead atoms. The van der Waals surface area contributed by atoms with Crippen LogP contribution in [0.25, 0.3) is 0 Å². The number of aryl methyl sites for hydroxylation is 2. The molecule has 5 heteroatoms. The van der Waals surface area contributed by atoms with Gasteiger partial charge >= 0.3 is 0 Å². The number of carbonyl (C=O) groups excluding carboxylic acids is 2. The molecule has 3 aromatic carbocycles. The molecular weight excluding hydrogens is 439 g/mol. The number of carbonyl (C=O) groups is 2. The van der Waals surface area contributed by atoms with Gasteiger partial charge in [-0.3, -0.25) is 9.59 Å². The van der Waals surface area contributed by atoms with E-state index in [-0.39, 0.29) is 36.5 Å². The zero-order valence-corrected chi connectivity index (χ0v) is 21.1. The van der Waals surface area contributed by atoms with Crippen molar-refractivity contribution in [3.05, 3.63) is 106 Å². The molecule has 0 radical (unpaired) electrons. The fraction of sp³-hybridized carbons (Fsp3) is 0.333. The third kappa shape index (κ3) is 8.06. The van der Waals surface area contributed by atoms with Crippen molar-refractivity contribution in [3.63, 3.8) is 0 Å². The molecule has 3 rings (SSSR count). The van der Waals surface area contributed by atoms with Crippen LogP contribution in [-0.4, -0.2) is 29.3 Å². The van der Waals surface area contributed by atoms with Gasteiger partial charge in [-0.25, -0.2) is 4.39 Å². The Kier molecular flexibility index (Phi) is 9.18. The summed E-state index contributed by atoms with van der Waals surface area (Å²) in [5.74, 6) is -0.372. The summed E-state index contributed by atoms with van der Waals surface area (Å²) in [6.45, 7) is 8.84. The first-order valence-corrected chi connectivity index (χ1v) is 12.1. The fourth-order valence-electron chi connectivity index (χ4n) is 4.21. The Morgan fingerprint density at radius 3 is 2.09 bits per heavy atom. The Morgan fingerprint density at radius 2 is 1.49 bits per heavy atom. The van der Waals surface area contributed by atoms with E-state index >= 15 is 0 Å². The smallest absolute Gasteiger partial charge is 0.243 e. The minimum atomic E-state index is -0.695. The highest BCUT2D eigenvalue weighted by Gasteiger charge is 2.30. The Bertz CT molecular complexity index is 1110. The summed E-state index contributed by atoms with van der Waals surface area (Å²) < 4.78 is 13.6. The normalized spacial score (nSPS) is 11.8. The van der Waals surface area contributed by atoms with E-state index in [1.165, 1.54) is 12.1 Å². The lowest BCUT2D eigenvalue weighted by atomic mass is 10.00. The van der Waals surface area contributed by atoms with Crippen LogP contribution in [0, 0.1) is 25.6 Å². The summed E-state index contributed by atoms with van der Waals surface area (Å²) in [6, 6.07) is 21.2.